The third kappa shape index (κ3) is 3.83. The molecule has 116 valence electrons. The monoisotopic (exact) mass is 311 g/mol. The zero-order valence-corrected chi connectivity index (χ0v) is 13.2. The molecule has 5 nitrogen and oxygen atoms in total. The van der Waals surface area contributed by atoms with Gasteiger partial charge in [-0.05, 0) is 26.0 Å². The van der Waals surface area contributed by atoms with Crippen LogP contribution in [-0.4, -0.2) is 50.5 Å². The molecule has 0 spiro atoms. The van der Waals surface area contributed by atoms with E-state index in [1.54, 1.807) is 14.0 Å². The van der Waals surface area contributed by atoms with Crippen LogP contribution in [0.4, 0.5) is 0 Å². The maximum absolute atomic E-state index is 12.3. The number of nitrogens with zero attached hydrogens (tertiary/aromatic N) is 1. The molecule has 1 fully saturated rings. The number of hydrogen-bond donors (Lipinski definition) is 0. The molecule has 0 saturated carbocycles. The van der Waals surface area contributed by atoms with Gasteiger partial charge in [0.05, 0.1) is 18.1 Å². The Bertz CT molecular complexity index is 585. The highest BCUT2D eigenvalue weighted by atomic mass is 32.2. The SMILES string of the molecule is CCOC(=O)C(c1ccccc1)N(C)C1CCS(=O)(=O)C1. The predicted octanol–water partition coefficient (Wildman–Crippen LogP) is 1.41. The Hall–Kier alpha value is -1.40. The van der Waals surface area contributed by atoms with Crippen LogP contribution < -0.4 is 0 Å². The van der Waals surface area contributed by atoms with E-state index >= 15 is 0 Å². The minimum Gasteiger partial charge on any atom is -0.465 e. The van der Waals surface area contributed by atoms with Crippen LogP contribution in [0.25, 0.3) is 0 Å². The zero-order chi connectivity index (χ0) is 15.5. The first-order chi connectivity index (χ1) is 9.94. The number of benzene rings is 1. The Kier molecular flexibility index (Phi) is 5.00. The normalized spacial score (nSPS) is 22.1. The Morgan fingerprint density at radius 2 is 2.05 bits per heavy atom. The number of ether oxygens (including phenoxy) is 1. The summed E-state index contributed by atoms with van der Waals surface area (Å²) in [6.07, 6.45) is 0.557. The average Bonchev–Trinajstić information content (AvgIpc) is 2.81. The molecule has 0 radical (unpaired) electrons. The summed E-state index contributed by atoms with van der Waals surface area (Å²) in [7, 11) is -1.20. The number of likely N-dealkylation sites (N-methyl/N-ethyl adjacent to an activating group) is 1. The second-order valence-electron chi connectivity index (χ2n) is 5.29. The molecule has 21 heavy (non-hydrogen) atoms. The highest BCUT2D eigenvalue weighted by molar-refractivity contribution is 7.91. The third-order valence-corrected chi connectivity index (χ3v) is 5.57. The number of hydrogen-bond acceptors (Lipinski definition) is 5. The summed E-state index contributed by atoms with van der Waals surface area (Å²) in [5.41, 5.74) is 0.822. The van der Waals surface area contributed by atoms with E-state index in [1.165, 1.54) is 0 Å². The second kappa shape index (κ2) is 6.58. The summed E-state index contributed by atoms with van der Waals surface area (Å²) in [5.74, 6) is -0.0472. The highest BCUT2D eigenvalue weighted by Crippen LogP contribution is 2.27. The molecule has 2 rings (SSSR count). The minimum absolute atomic E-state index is 0.103. The van der Waals surface area contributed by atoms with Gasteiger partial charge in [-0.3, -0.25) is 4.90 Å². The molecule has 1 aromatic rings. The van der Waals surface area contributed by atoms with Gasteiger partial charge >= 0.3 is 5.97 Å². The molecule has 2 atom stereocenters. The number of esters is 1. The zero-order valence-electron chi connectivity index (χ0n) is 12.4. The van der Waals surface area contributed by atoms with E-state index in [9.17, 15) is 13.2 Å². The summed E-state index contributed by atoms with van der Waals surface area (Å²) in [6.45, 7) is 2.07. The third-order valence-electron chi connectivity index (χ3n) is 3.82. The second-order valence-corrected chi connectivity index (χ2v) is 7.52. The van der Waals surface area contributed by atoms with Gasteiger partial charge in [0.25, 0.3) is 0 Å². The van der Waals surface area contributed by atoms with Crippen molar-refractivity contribution in [1.82, 2.24) is 4.90 Å². The lowest BCUT2D eigenvalue weighted by Crippen LogP contribution is -2.40. The molecule has 1 aromatic carbocycles. The van der Waals surface area contributed by atoms with E-state index in [1.807, 2.05) is 35.2 Å². The number of carbonyl (C=O) groups excluding carboxylic acids is 1. The topological polar surface area (TPSA) is 63.7 Å². The van der Waals surface area contributed by atoms with Gasteiger partial charge < -0.3 is 4.74 Å². The van der Waals surface area contributed by atoms with Crippen molar-refractivity contribution in [1.29, 1.82) is 0 Å². The Balaban J connectivity index is 2.25. The first-order valence-corrected chi connectivity index (χ1v) is 8.90. The number of rotatable bonds is 5. The molecule has 0 aromatic heterocycles. The first kappa shape index (κ1) is 16.0. The van der Waals surface area contributed by atoms with Crippen molar-refractivity contribution >= 4 is 15.8 Å². The molecule has 0 N–H and O–H groups in total. The standard InChI is InChI=1S/C15H21NO4S/c1-3-20-15(17)14(12-7-5-4-6-8-12)16(2)13-9-10-21(18,19)11-13/h4-8,13-14H,3,9-11H2,1-2H3. The van der Waals surface area contributed by atoms with Crippen molar-refractivity contribution in [3.8, 4) is 0 Å². The highest BCUT2D eigenvalue weighted by Gasteiger charge is 2.37. The van der Waals surface area contributed by atoms with Crippen molar-refractivity contribution in [3.63, 3.8) is 0 Å². The van der Waals surface area contributed by atoms with Crippen LogP contribution >= 0.6 is 0 Å². The molecular formula is C15H21NO4S. The molecule has 1 saturated heterocycles. The van der Waals surface area contributed by atoms with Crippen LogP contribution in [0, 0.1) is 0 Å². The van der Waals surface area contributed by atoms with Crippen LogP contribution in [0.1, 0.15) is 24.9 Å². The predicted molar refractivity (Wildman–Crippen MR) is 80.6 cm³/mol. The summed E-state index contributed by atoms with van der Waals surface area (Å²) in [6, 6.07) is 8.62. The first-order valence-electron chi connectivity index (χ1n) is 7.08. The van der Waals surface area contributed by atoms with E-state index in [-0.39, 0.29) is 23.5 Å². The van der Waals surface area contributed by atoms with Gasteiger partial charge in [-0.1, -0.05) is 30.3 Å². The largest absolute Gasteiger partial charge is 0.465 e. The summed E-state index contributed by atoms with van der Waals surface area (Å²) in [5, 5.41) is 0. The van der Waals surface area contributed by atoms with Crippen LogP contribution in [0.2, 0.25) is 0 Å². The summed E-state index contributed by atoms with van der Waals surface area (Å²) >= 11 is 0. The molecule has 1 heterocycles. The van der Waals surface area contributed by atoms with Gasteiger partial charge in [0.15, 0.2) is 9.84 Å². The van der Waals surface area contributed by atoms with Crippen molar-refractivity contribution in [2.75, 3.05) is 25.2 Å². The molecule has 0 bridgehead atoms. The maximum atomic E-state index is 12.3. The van der Waals surface area contributed by atoms with Gasteiger partial charge in [0.2, 0.25) is 0 Å². The number of carbonyl (C=O) groups is 1. The average molecular weight is 311 g/mol. The van der Waals surface area contributed by atoms with Crippen LogP contribution in [0.5, 0.6) is 0 Å². The van der Waals surface area contributed by atoms with Crippen molar-refractivity contribution in [2.45, 2.75) is 25.4 Å². The molecular weight excluding hydrogens is 290 g/mol. The van der Waals surface area contributed by atoms with E-state index in [0.29, 0.717) is 13.0 Å². The van der Waals surface area contributed by atoms with E-state index < -0.39 is 15.9 Å². The van der Waals surface area contributed by atoms with Crippen molar-refractivity contribution in [3.05, 3.63) is 35.9 Å². The van der Waals surface area contributed by atoms with Gasteiger partial charge in [-0.2, -0.15) is 0 Å². The lowest BCUT2D eigenvalue weighted by atomic mass is 10.0. The molecule has 1 aliphatic heterocycles. The minimum atomic E-state index is -2.99. The Labute approximate surface area is 125 Å². The summed E-state index contributed by atoms with van der Waals surface area (Å²) in [4.78, 5) is 14.1. The van der Waals surface area contributed by atoms with Gasteiger partial charge in [0.1, 0.15) is 6.04 Å². The van der Waals surface area contributed by atoms with Gasteiger partial charge in [-0.15, -0.1) is 0 Å². The Morgan fingerprint density at radius 3 is 2.57 bits per heavy atom. The molecule has 2 unspecified atom stereocenters. The van der Waals surface area contributed by atoms with Crippen LogP contribution in [0.3, 0.4) is 0 Å². The molecule has 6 heteroatoms. The fourth-order valence-electron chi connectivity index (χ4n) is 2.70. The van der Waals surface area contributed by atoms with E-state index in [2.05, 4.69) is 0 Å². The lowest BCUT2D eigenvalue weighted by Gasteiger charge is -2.31. The Morgan fingerprint density at radius 1 is 1.38 bits per heavy atom. The van der Waals surface area contributed by atoms with Crippen LogP contribution in [-0.2, 0) is 19.4 Å². The molecule has 0 aliphatic carbocycles. The molecule has 0 amide bonds. The van der Waals surface area contributed by atoms with Crippen molar-refractivity contribution < 1.29 is 17.9 Å². The van der Waals surface area contributed by atoms with Crippen molar-refractivity contribution in [2.24, 2.45) is 0 Å². The lowest BCUT2D eigenvalue weighted by molar-refractivity contribution is -0.150. The summed E-state index contributed by atoms with van der Waals surface area (Å²) < 4.78 is 28.5. The smallest absolute Gasteiger partial charge is 0.327 e. The van der Waals surface area contributed by atoms with E-state index in [4.69, 9.17) is 4.74 Å². The number of sulfone groups is 1. The maximum Gasteiger partial charge on any atom is 0.327 e. The fraction of sp³-hybridized carbons (Fsp3) is 0.533. The molecule has 1 aliphatic rings. The fourth-order valence-corrected chi connectivity index (χ4v) is 4.49. The van der Waals surface area contributed by atoms with Gasteiger partial charge in [-0.25, -0.2) is 13.2 Å². The van der Waals surface area contributed by atoms with Crippen LogP contribution in [0.15, 0.2) is 30.3 Å². The van der Waals surface area contributed by atoms with Gasteiger partial charge in [0, 0.05) is 6.04 Å². The van der Waals surface area contributed by atoms with E-state index in [0.717, 1.165) is 5.56 Å². The quantitative estimate of drug-likeness (QED) is 0.769.